The van der Waals surface area contributed by atoms with Crippen LogP contribution in [0.3, 0.4) is 0 Å². The minimum Gasteiger partial charge on any atom is -0.362 e. The van der Waals surface area contributed by atoms with Gasteiger partial charge in [0.2, 0.25) is 0 Å². The van der Waals surface area contributed by atoms with E-state index < -0.39 is 41.6 Å². The zero-order valence-electron chi connectivity index (χ0n) is 34.7. The van der Waals surface area contributed by atoms with Crippen molar-refractivity contribution in [2.45, 2.75) is 0 Å². The fourth-order valence-corrected chi connectivity index (χ4v) is 8.82. The summed E-state index contributed by atoms with van der Waals surface area (Å²) in [5.41, 5.74) is 5.95. The van der Waals surface area contributed by atoms with E-state index in [4.69, 9.17) is 32.5 Å². The molecule has 0 unspecified atom stereocenters. The molecule has 8 bridgehead atoms. The molecule has 69 heavy (non-hydrogen) atoms. The van der Waals surface area contributed by atoms with Crippen LogP contribution in [0, 0.1) is 0 Å². The zero-order valence-corrected chi connectivity index (χ0v) is 40.9. The topological polar surface area (TPSA) is 304 Å². The van der Waals surface area contributed by atoms with Gasteiger partial charge in [0.05, 0.1) is 45.6 Å². The maximum absolute atomic E-state index is 11.7. The van der Waals surface area contributed by atoms with Crippen LogP contribution in [0.1, 0.15) is 22.3 Å². The second-order valence-corrected chi connectivity index (χ2v) is 18.7. The third-order valence-electron chi connectivity index (χ3n) is 9.88. The number of nitrogens with zero attached hydrogens (tertiary/aromatic N) is 4. The molecule has 9 rings (SSSR count). The van der Waals surface area contributed by atoms with E-state index in [1.54, 1.807) is 48.6 Å². The van der Waals surface area contributed by atoms with Crippen LogP contribution < -0.4 is 16.7 Å². The van der Waals surface area contributed by atoms with Gasteiger partial charge in [-0.05, 0) is 119 Å². The van der Waals surface area contributed by atoms with Gasteiger partial charge in [-0.1, -0.05) is 48.5 Å². The number of fused-ring (bicyclic) bond motifs is 4. The second kappa shape index (κ2) is 18.5. The quantitative estimate of drug-likeness (QED) is 0.0880. The van der Waals surface area contributed by atoms with E-state index in [-0.39, 0.29) is 65.2 Å². The Morgan fingerprint density at radius 3 is 1.14 bits per heavy atom. The first-order chi connectivity index (χ1) is 32.1. The Bertz CT molecular complexity index is 3720. The summed E-state index contributed by atoms with van der Waals surface area (Å²) in [5.74, 6) is -1.01. The van der Waals surface area contributed by atoms with Gasteiger partial charge in [-0.25, -0.2) is 20.0 Å². The molecule has 25 heteroatoms. The van der Waals surface area contributed by atoms with Gasteiger partial charge in [-0.3, -0.25) is 18.2 Å². The monoisotopic (exact) mass is 1060 g/mol. The first-order valence-electron chi connectivity index (χ1n) is 19.3. The van der Waals surface area contributed by atoms with Crippen LogP contribution in [-0.2, 0) is 61.1 Å². The van der Waals surface area contributed by atoms with Gasteiger partial charge in [0.15, 0.2) is 0 Å². The van der Waals surface area contributed by atoms with Crippen molar-refractivity contribution in [3.8, 4) is 23.0 Å². The van der Waals surface area contributed by atoms with Crippen molar-refractivity contribution in [2.75, 3.05) is 0 Å². The summed E-state index contributed by atoms with van der Waals surface area (Å²) in [4.78, 5) is 19.8. The van der Waals surface area contributed by atoms with Crippen LogP contribution in [0.2, 0.25) is 0 Å². The van der Waals surface area contributed by atoms with Crippen molar-refractivity contribution in [3.05, 3.63) is 191 Å². The third kappa shape index (κ3) is 11.6. The molecule has 0 amide bonds. The molecule has 5 heterocycles. The van der Waals surface area contributed by atoms with Gasteiger partial charge in [0.25, 0.3) is 0 Å². The average molecular weight is 1060 g/mol. The van der Waals surface area contributed by atoms with Crippen molar-refractivity contribution in [1.29, 1.82) is 0 Å². The van der Waals surface area contributed by atoms with Crippen molar-refractivity contribution in [1.82, 2.24) is 0 Å². The van der Waals surface area contributed by atoms with Gasteiger partial charge in [-0.2, -0.15) is 33.7 Å². The van der Waals surface area contributed by atoms with E-state index >= 15 is 0 Å². The van der Waals surface area contributed by atoms with Crippen LogP contribution in [0.5, 0.6) is 23.0 Å². The summed E-state index contributed by atoms with van der Waals surface area (Å²) in [6.45, 7) is 0. The fraction of sp³-hybridized carbons (Fsp3) is 0. The van der Waals surface area contributed by atoms with E-state index in [1.165, 1.54) is 97.1 Å². The Hall–Kier alpha value is -7.06. The van der Waals surface area contributed by atoms with Crippen molar-refractivity contribution in [3.63, 3.8) is 0 Å². The number of hydrogen-bond acceptors (Lipinski definition) is 16. The summed E-state index contributed by atoms with van der Waals surface area (Å²) in [7, 11) is -19.7. The molecule has 0 saturated carbocycles. The summed E-state index contributed by atoms with van der Waals surface area (Å²) in [5, 5.41) is 0. The average Bonchev–Trinajstić information content (AvgIpc) is 4.05. The van der Waals surface area contributed by atoms with E-state index in [2.05, 4.69) is 4.18 Å². The van der Waals surface area contributed by atoms with Gasteiger partial charge in [0, 0.05) is 41.8 Å². The minimum absolute atomic E-state index is 0. The van der Waals surface area contributed by atoms with Crippen molar-refractivity contribution >= 4 is 86.7 Å². The smallest absolute Gasteiger partial charge is 0.362 e. The number of hydrogen-bond donors (Lipinski definition) is 4. The fourth-order valence-electron chi connectivity index (χ4n) is 7.41. The Labute approximate surface area is 406 Å². The molecule has 4 aromatic rings. The van der Waals surface area contributed by atoms with Gasteiger partial charge in [-0.15, -0.1) is 0 Å². The maximum atomic E-state index is 11.7. The molecule has 0 saturated heterocycles. The first kappa shape index (κ1) is 48.4. The molecule has 0 atom stereocenters. The van der Waals surface area contributed by atoms with Gasteiger partial charge < -0.3 is 16.7 Å². The molecule has 0 radical (unpaired) electrons. The van der Waals surface area contributed by atoms with Gasteiger partial charge >= 0.3 is 41.6 Å². The Kier molecular flexibility index (Phi) is 12.9. The van der Waals surface area contributed by atoms with Gasteiger partial charge in [0.1, 0.15) is 23.0 Å². The summed E-state index contributed by atoms with van der Waals surface area (Å²) in [6, 6.07) is 22.1. The second-order valence-electron chi connectivity index (χ2n) is 14.6. The maximum Gasteiger partial charge on any atom is 0.446 e. The molecule has 0 aromatic heterocycles. The Balaban J connectivity index is 0.00000642. The molecule has 0 fully saturated rings. The molecule has 4 aromatic carbocycles. The molecular weight excluding hydrogens is 1030 g/mol. The molecule has 4 N–H and O–H groups in total. The molecule has 346 valence electrons. The van der Waals surface area contributed by atoms with E-state index in [1.807, 2.05) is 0 Å². The standard InChI is InChI=1S/C44H28N4O16S4.Zn/c49-65(50,51)61-34-13-1-25(2-14-34)38-23-33-22-31-10-9-29(45-31)21-30-11-12-32(46-30)24-39-40(26-3-15-35(16-4-26)62-66(52,53)54)41(27-5-17-36(18-6-27)63-67(55,56)57)44(48-39)42(43(38)47-33)28-7-19-37(20-8-28)64-68(58,59)60;/h1-24H,(H,49,50,51)(H,52,53,54)(H,55,56,57)(H,58,59,60);. The predicted octanol–water partition coefficient (Wildman–Crippen LogP) is 6.41. The van der Waals surface area contributed by atoms with Crippen LogP contribution in [0.15, 0.2) is 188 Å². The van der Waals surface area contributed by atoms with E-state index in [0.717, 1.165) is 0 Å². The first-order valence-corrected chi connectivity index (χ1v) is 24.7. The van der Waals surface area contributed by atoms with E-state index in [9.17, 15) is 51.9 Å². The normalized spacial score (nSPS) is 16.6. The largest absolute Gasteiger partial charge is 0.446 e. The SMILES string of the molecule is O=S(=O)(O)Oc1ccc(C2=CC3=CC4=NC(=CC5=NC(=CC6=NC(=C(c7ccc(OS(=O)(=O)O)cc7)C2=N3)C(c2ccc(OS(=O)(=O)O)cc2)=C6c2ccc(OS(=O)(=O)O)cc2)C=C5)C=C4)cc1.[Zn]. The Morgan fingerprint density at radius 1 is 0.362 bits per heavy atom. The van der Waals surface area contributed by atoms with Crippen LogP contribution >= 0.6 is 0 Å². The molecular formula is C44H28N4O16S4Zn. The summed E-state index contributed by atoms with van der Waals surface area (Å²) < 4.78 is 150. The van der Waals surface area contributed by atoms with Crippen molar-refractivity contribution < 1.29 is 88.1 Å². The van der Waals surface area contributed by atoms with Crippen molar-refractivity contribution in [2.24, 2.45) is 20.0 Å². The summed E-state index contributed by atoms with van der Waals surface area (Å²) >= 11 is 0. The number of aliphatic imine (C=N–C) groups is 4. The third-order valence-corrected chi connectivity index (χ3v) is 11.5. The van der Waals surface area contributed by atoms with E-state index in [0.29, 0.717) is 67.5 Å². The molecule has 5 aliphatic heterocycles. The molecule has 20 nitrogen and oxygen atoms in total. The van der Waals surface area contributed by atoms with Crippen LogP contribution in [-0.4, -0.2) is 74.7 Å². The Morgan fingerprint density at radius 2 is 0.725 bits per heavy atom. The minimum atomic E-state index is -4.96. The molecule has 0 aliphatic carbocycles. The number of allylic oxidation sites excluding steroid dienone is 12. The van der Waals surface area contributed by atoms with Crippen LogP contribution in [0.25, 0.3) is 22.3 Å². The predicted molar refractivity (Wildman–Crippen MR) is 248 cm³/mol. The molecule has 5 aliphatic rings. The van der Waals surface area contributed by atoms with Crippen LogP contribution in [0.4, 0.5) is 0 Å². The molecule has 0 spiro atoms. The zero-order chi connectivity index (χ0) is 48.2. The number of rotatable bonds is 12. The number of benzene rings is 4. The summed E-state index contributed by atoms with van der Waals surface area (Å²) in [6.07, 6.45) is 13.9.